The average molecular weight is 327 g/mol. The number of aromatic amines is 1. The molecule has 1 aliphatic rings. The van der Waals surface area contributed by atoms with Gasteiger partial charge in [0, 0.05) is 37.8 Å². The van der Waals surface area contributed by atoms with Gasteiger partial charge in [-0.15, -0.1) is 0 Å². The van der Waals surface area contributed by atoms with Gasteiger partial charge in [0.05, 0.1) is 18.1 Å². The van der Waals surface area contributed by atoms with E-state index in [0.717, 1.165) is 38.0 Å². The molecule has 0 fully saturated rings. The summed E-state index contributed by atoms with van der Waals surface area (Å²) in [6, 6.07) is 1.99. The molecule has 3 heterocycles. The van der Waals surface area contributed by atoms with Crippen LogP contribution in [0.4, 0.5) is 0 Å². The van der Waals surface area contributed by atoms with Gasteiger partial charge in [0.2, 0.25) is 5.91 Å². The third-order valence-electron chi connectivity index (χ3n) is 4.52. The summed E-state index contributed by atoms with van der Waals surface area (Å²) in [6.07, 6.45) is 14.5. The molecule has 6 nitrogen and oxygen atoms in total. The molecule has 0 aliphatic carbocycles. The van der Waals surface area contributed by atoms with Crippen molar-refractivity contribution in [2.45, 2.75) is 51.6 Å². The van der Waals surface area contributed by atoms with E-state index >= 15 is 0 Å². The lowest BCUT2D eigenvalue weighted by molar-refractivity contribution is -0.126. The molecule has 1 amide bonds. The topological polar surface area (TPSA) is 66.8 Å². The van der Waals surface area contributed by atoms with Crippen molar-refractivity contribution >= 4 is 5.91 Å². The smallest absolute Gasteiger partial charge is 0.247 e. The molecule has 0 aromatic carbocycles. The zero-order chi connectivity index (χ0) is 16.8. The van der Waals surface area contributed by atoms with E-state index in [4.69, 9.17) is 0 Å². The second-order valence-corrected chi connectivity index (χ2v) is 6.28. The van der Waals surface area contributed by atoms with Gasteiger partial charge in [-0.1, -0.05) is 19.8 Å². The molecule has 0 spiro atoms. The Bertz CT molecular complexity index is 660. The molecule has 1 aliphatic heterocycles. The Morgan fingerprint density at radius 1 is 1.21 bits per heavy atom. The van der Waals surface area contributed by atoms with Crippen molar-refractivity contribution in [3.05, 3.63) is 48.3 Å². The van der Waals surface area contributed by atoms with Crippen LogP contribution in [0.2, 0.25) is 0 Å². The Labute approximate surface area is 142 Å². The molecule has 24 heavy (non-hydrogen) atoms. The molecule has 0 saturated carbocycles. The Kier molecular flexibility index (Phi) is 5.46. The Hall–Kier alpha value is -2.37. The number of unbranched alkanes of at least 4 members (excludes halogenated alkanes) is 2. The monoisotopic (exact) mass is 327 g/mol. The number of aromatic nitrogens is 4. The normalized spacial score (nSPS) is 17.5. The standard InChI is InChI=1S/C18H25N5O/c1-2-3-4-6-15-13-17(24)23(18(15)16-7-8-20-21-16)11-5-10-22-12-9-19-14-22/h7-9,12-14,18H,2-6,10-11H2,1H3,(H,20,21). The van der Waals surface area contributed by atoms with Gasteiger partial charge in [0.25, 0.3) is 0 Å². The van der Waals surface area contributed by atoms with Crippen molar-refractivity contribution in [3.8, 4) is 0 Å². The van der Waals surface area contributed by atoms with E-state index in [0.29, 0.717) is 0 Å². The summed E-state index contributed by atoms with van der Waals surface area (Å²) in [7, 11) is 0. The number of aryl methyl sites for hydroxylation is 1. The van der Waals surface area contributed by atoms with Crippen molar-refractivity contribution in [3.63, 3.8) is 0 Å². The number of rotatable bonds is 9. The summed E-state index contributed by atoms with van der Waals surface area (Å²) in [5.74, 6) is 0.117. The lowest BCUT2D eigenvalue weighted by atomic mass is 9.99. The van der Waals surface area contributed by atoms with Crippen molar-refractivity contribution < 1.29 is 4.79 Å². The van der Waals surface area contributed by atoms with E-state index < -0.39 is 0 Å². The SMILES string of the molecule is CCCCCC1=CC(=O)N(CCCn2ccnc2)C1c1ccn[nH]1. The molecule has 1 atom stereocenters. The molecular formula is C18H25N5O. The van der Waals surface area contributed by atoms with E-state index in [1.807, 2.05) is 34.1 Å². The maximum Gasteiger partial charge on any atom is 0.247 e. The zero-order valence-electron chi connectivity index (χ0n) is 14.2. The Morgan fingerprint density at radius 3 is 2.83 bits per heavy atom. The van der Waals surface area contributed by atoms with E-state index in [1.165, 1.54) is 18.4 Å². The number of hydrogen-bond donors (Lipinski definition) is 1. The Morgan fingerprint density at radius 2 is 2.12 bits per heavy atom. The molecular weight excluding hydrogens is 302 g/mol. The van der Waals surface area contributed by atoms with Crippen LogP contribution in [0, 0.1) is 0 Å². The molecule has 2 aromatic rings. The summed E-state index contributed by atoms with van der Waals surface area (Å²) < 4.78 is 2.04. The zero-order valence-corrected chi connectivity index (χ0v) is 14.2. The fourth-order valence-corrected chi connectivity index (χ4v) is 3.30. The number of imidazole rings is 1. The average Bonchev–Trinajstić information content (AvgIpc) is 3.30. The van der Waals surface area contributed by atoms with Crippen LogP contribution >= 0.6 is 0 Å². The predicted molar refractivity (Wildman–Crippen MR) is 92.1 cm³/mol. The lowest BCUT2D eigenvalue weighted by Gasteiger charge is -2.26. The number of nitrogens with zero attached hydrogens (tertiary/aromatic N) is 4. The van der Waals surface area contributed by atoms with Crippen LogP contribution in [0.15, 0.2) is 42.6 Å². The van der Waals surface area contributed by atoms with Gasteiger partial charge in [-0.3, -0.25) is 9.89 Å². The van der Waals surface area contributed by atoms with Crippen LogP contribution in [0.3, 0.4) is 0 Å². The van der Waals surface area contributed by atoms with Crippen LogP contribution in [0.1, 0.15) is 50.8 Å². The number of carbonyl (C=O) groups excluding carboxylic acids is 1. The van der Waals surface area contributed by atoms with Crippen LogP contribution in [0.25, 0.3) is 0 Å². The predicted octanol–water partition coefficient (Wildman–Crippen LogP) is 3.09. The number of H-pyrrole nitrogens is 1. The highest BCUT2D eigenvalue weighted by Gasteiger charge is 2.33. The maximum atomic E-state index is 12.5. The van der Waals surface area contributed by atoms with E-state index in [2.05, 4.69) is 22.1 Å². The lowest BCUT2D eigenvalue weighted by Crippen LogP contribution is -2.31. The van der Waals surface area contributed by atoms with Gasteiger partial charge < -0.3 is 9.47 Å². The summed E-state index contributed by atoms with van der Waals surface area (Å²) in [5, 5.41) is 7.13. The molecule has 128 valence electrons. The highest BCUT2D eigenvalue weighted by Crippen LogP contribution is 2.35. The van der Waals surface area contributed by atoms with Gasteiger partial charge in [-0.05, 0) is 30.9 Å². The van der Waals surface area contributed by atoms with Crippen LogP contribution in [0.5, 0.6) is 0 Å². The van der Waals surface area contributed by atoms with E-state index in [-0.39, 0.29) is 11.9 Å². The first-order valence-electron chi connectivity index (χ1n) is 8.75. The summed E-state index contributed by atoms with van der Waals surface area (Å²) in [6.45, 7) is 3.79. The number of hydrogen-bond acceptors (Lipinski definition) is 3. The molecule has 0 radical (unpaired) electrons. The van der Waals surface area contributed by atoms with Crippen LogP contribution in [-0.4, -0.2) is 37.1 Å². The van der Waals surface area contributed by atoms with Gasteiger partial charge in [-0.25, -0.2) is 4.98 Å². The fraction of sp³-hybridized carbons (Fsp3) is 0.500. The highest BCUT2D eigenvalue weighted by molar-refractivity contribution is 5.92. The number of amides is 1. The van der Waals surface area contributed by atoms with E-state index in [9.17, 15) is 4.79 Å². The third kappa shape index (κ3) is 3.75. The quantitative estimate of drug-likeness (QED) is 0.720. The first-order valence-corrected chi connectivity index (χ1v) is 8.75. The molecule has 1 unspecified atom stereocenters. The number of nitrogens with one attached hydrogen (secondary N) is 1. The molecule has 2 aromatic heterocycles. The fourth-order valence-electron chi connectivity index (χ4n) is 3.30. The first-order chi connectivity index (χ1) is 11.8. The first kappa shape index (κ1) is 16.5. The highest BCUT2D eigenvalue weighted by atomic mass is 16.2. The largest absolute Gasteiger partial charge is 0.337 e. The Balaban J connectivity index is 1.66. The number of carbonyl (C=O) groups is 1. The second kappa shape index (κ2) is 7.95. The second-order valence-electron chi connectivity index (χ2n) is 6.28. The maximum absolute atomic E-state index is 12.5. The van der Waals surface area contributed by atoms with Crippen molar-refractivity contribution in [2.75, 3.05) is 6.54 Å². The molecule has 0 saturated heterocycles. The summed E-state index contributed by atoms with van der Waals surface area (Å²) in [5.41, 5.74) is 2.21. The van der Waals surface area contributed by atoms with Crippen molar-refractivity contribution in [1.29, 1.82) is 0 Å². The van der Waals surface area contributed by atoms with Gasteiger partial charge in [0.15, 0.2) is 0 Å². The van der Waals surface area contributed by atoms with Gasteiger partial charge >= 0.3 is 0 Å². The van der Waals surface area contributed by atoms with Gasteiger partial charge in [-0.2, -0.15) is 5.10 Å². The van der Waals surface area contributed by atoms with Gasteiger partial charge in [0.1, 0.15) is 0 Å². The van der Waals surface area contributed by atoms with Crippen LogP contribution in [-0.2, 0) is 11.3 Å². The van der Waals surface area contributed by atoms with Crippen LogP contribution < -0.4 is 0 Å². The minimum atomic E-state index is 0.0136. The van der Waals surface area contributed by atoms with E-state index in [1.54, 1.807) is 12.4 Å². The van der Waals surface area contributed by atoms with Crippen molar-refractivity contribution in [2.24, 2.45) is 0 Å². The minimum absolute atomic E-state index is 0.0136. The summed E-state index contributed by atoms with van der Waals surface area (Å²) in [4.78, 5) is 18.5. The molecule has 6 heteroatoms. The minimum Gasteiger partial charge on any atom is -0.337 e. The molecule has 0 bridgehead atoms. The third-order valence-corrected chi connectivity index (χ3v) is 4.52. The molecule has 3 rings (SSSR count). The molecule has 1 N–H and O–H groups in total. The van der Waals surface area contributed by atoms with Crippen molar-refractivity contribution in [1.82, 2.24) is 24.6 Å². The summed E-state index contributed by atoms with van der Waals surface area (Å²) >= 11 is 0.